The minimum absolute atomic E-state index is 0.113. The summed E-state index contributed by atoms with van der Waals surface area (Å²) < 4.78 is 0. The molecule has 0 heterocycles. The third kappa shape index (κ3) is 3.18. The van der Waals surface area contributed by atoms with Crippen molar-refractivity contribution in [1.29, 1.82) is 5.26 Å². The number of benzene rings is 1. The largest absolute Gasteiger partial charge is 0.336 e. The van der Waals surface area contributed by atoms with Crippen molar-refractivity contribution in [2.24, 2.45) is 0 Å². The minimum Gasteiger partial charge on any atom is -0.336 e. The first kappa shape index (κ1) is 13.9. The number of halogens is 1. The van der Waals surface area contributed by atoms with Gasteiger partial charge in [0.25, 0.3) is 11.6 Å². The molecule has 0 aliphatic carbocycles. The van der Waals surface area contributed by atoms with Gasteiger partial charge in [0, 0.05) is 11.6 Å². The van der Waals surface area contributed by atoms with Gasteiger partial charge < -0.3 is 5.32 Å². The maximum absolute atomic E-state index is 11.7. The van der Waals surface area contributed by atoms with E-state index in [0.29, 0.717) is 6.42 Å². The van der Waals surface area contributed by atoms with Crippen LogP contribution in [0.5, 0.6) is 0 Å². The Bertz CT molecular complexity index is 525. The van der Waals surface area contributed by atoms with Crippen molar-refractivity contribution in [3.8, 4) is 6.07 Å². The van der Waals surface area contributed by atoms with Gasteiger partial charge in [0.1, 0.15) is 11.1 Å². The Hall–Kier alpha value is -2.13. The molecule has 1 atom stereocenters. The molecule has 0 aliphatic rings. The summed E-state index contributed by atoms with van der Waals surface area (Å²) >= 11 is 5.69. The average molecular weight is 268 g/mol. The van der Waals surface area contributed by atoms with Gasteiger partial charge in [-0.05, 0) is 18.6 Å². The number of nitriles is 1. The van der Waals surface area contributed by atoms with Crippen molar-refractivity contribution in [2.45, 2.75) is 19.4 Å². The number of hydrogen-bond donors (Lipinski definition) is 1. The number of nitrogens with one attached hydrogen (secondary N) is 1. The molecule has 7 heteroatoms. The van der Waals surface area contributed by atoms with Crippen LogP contribution in [0.4, 0.5) is 5.69 Å². The topological polar surface area (TPSA) is 96.0 Å². The highest BCUT2D eigenvalue weighted by atomic mass is 35.5. The predicted molar refractivity (Wildman–Crippen MR) is 65.3 cm³/mol. The molecule has 0 bridgehead atoms. The first-order valence-corrected chi connectivity index (χ1v) is 5.51. The van der Waals surface area contributed by atoms with E-state index in [1.54, 1.807) is 6.92 Å². The fourth-order valence-corrected chi connectivity index (χ4v) is 1.51. The normalized spacial score (nSPS) is 11.4. The predicted octanol–water partition coefficient (Wildman–Crippen LogP) is 2.28. The van der Waals surface area contributed by atoms with Gasteiger partial charge in [-0.2, -0.15) is 5.26 Å². The SMILES string of the molecule is CCC(C#N)NC(=O)c1ccc([N+](=O)[O-])c(Cl)c1. The molecule has 0 aromatic heterocycles. The van der Waals surface area contributed by atoms with Crippen LogP contribution in [0.25, 0.3) is 0 Å². The molecule has 0 radical (unpaired) electrons. The molecule has 0 fully saturated rings. The van der Waals surface area contributed by atoms with Crippen LogP contribution < -0.4 is 5.32 Å². The summed E-state index contributed by atoms with van der Waals surface area (Å²) in [5, 5.41) is 21.6. The van der Waals surface area contributed by atoms with Crippen molar-refractivity contribution in [3.63, 3.8) is 0 Å². The monoisotopic (exact) mass is 267 g/mol. The molecule has 0 saturated carbocycles. The summed E-state index contributed by atoms with van der Waals surface area (Å²) in [6, 6.07) is 4.99. The lowest BCUT2D eigenvalue weighted by Gasteiger charge is -2.09. The van der Waals surface area contributed by atoms with Gasteiger partial charge in [-0.3, -0.25) is 14.9 Å². The lowest BCUT2D eigenvalue weighted by atomic mass is 10.1. The standard InChI is InChI=1S/C11H10ClN3O3/c1-2-8(6-13)14-11(16)7-3-4-10(15(17)18)9(12)5-7/h3-5,8H,2H2,1H3,(H,14,16). The Kier molecular flexibility index (Phi) is 4.63. The van der Waals surface area contributed by atoms with Crippen LogP contribution in [0.1, 0.15) is 23.7 Å². The van der Waals surface area contributed by atoms with Crippen LogP contribution in [0, 0.1) is 21.4 Å². The van der Waals surface area contributed by atoms with E-state index in [1.165, 1.54) is 12.1 Å². The Morgan fingerprint density at radius 2 is 2.33 bits per heavy atom. The Morgan fingerprint density at radius 1 is 1.67 bits per heavy atom. The van der Waals surface area contributed by atoms with Crippen molar-refractivity contribution in [3.05, 3.63) is 38.9 Å². The molecule has 6 nitrogen and oxygen atoms in total. The average Bonchev–Trinajstić information content (AvgIpc) is 2.34. The maximum atomic E-state index is 11.7. The third-order valence-corrected chi connectivity index (χ3v) is 2.58. The lowest BCUT2D eigenvalue weighted by Crippen LogP contribution is -2.33. The number of carbonyl (C=O) groups excluding carboxylic acids is 1. The number of carbonyl (C=O) groups is 1. The van der Waals surface area contributed by atoms with E-state index in [0.717, 1.165) is 6.07 Å². The van der Waals surface area contributed by atoms with E-state index in [9.17, 15) is 14.9 Å². The molecule has 0 spiro atoms. The van der Waals surface area contributed by atoms with Crippen molar-refractivity contribution in [2.75, 3.05) is 0 Å². The molecule has 0 saturated heterocycles. The number of nitrogens with zero attached hydrogens (tertiary/aromatic N) is 2. The zero-order chi connectivity index (χ0) is 13.7. The van der Waals surface area contributed by atoms with Crippen molar-refractivity contribution >= 4 is 23.2 Å². The highest BCUT2D eigenvalue weighted by Crippen LogP contribution is 2.24. The second-order valence-corrected chi connectivity index (χ2v) is 3.89. The molecule has 0 aliphatic heterocycles. The van der Waals surface area contributed by atoms with Crippen LogP contribution in [-0.4, -0.2) is 16.9 Å². The summed E-state index contributed by atoms with van der Waals surface area (Å²) in [5.41, 5.74) is -0.0835. The van der Waals surface area contributed by atoms with Crippen LogP contribution in [-0.2, 0) is 0 Å². The first-order valence-electron chi connectivity index (χ1n) is 5.14. The zero-order valence-corrected chi connectivity index (χ0v) is 10.3. The van der Waals surface area contributed by atoms with E-state index >= 15 is 0 Å². The number of nitro benzene ring substituents is 1. The van der Waals surface area contributed by atoms with E-state index in [4.69, 9.17) is 16.9 Å². The fourth-order valence-electron chi connectivity index (χ4n) is 1.26. The third-order valence-electron chi connectivity index (χ3n) is 2.28. The number of nitro groups is 1. The van der Waals surface area contributed by atoms with Crippen molar-refractivity contribution in [1.82, 2.24) is 5.32 Å². The minimum atomic E-state index is -0.631. The van der Waals surface area contributed by atoms with Gasteiger partial charge in [0.15, 0.2) is 0 Å². The van der Waals surface area contributed by atoms with Crippen LogP contribution in [0.15, 0.2) is 18.2 Å². The van der Waals surface area contributed by atoms with Gasteiger partial charge in [0.2, 0.25) is 0 Å². The first-order chi connectivity index (χ1) is 8.49. The van der Waals surface area contributed by atoms with E-state index in [1.807, 2.05) is 6.07 Å². The highest BCUT2D eigenvalue weighted by Gasteiger charge is 2.16. The Labute approximate surface area is 108 Å². The van der Waals surface area contributed by atoms with Crippen LogP contribution in [0.3, 0.4) is 0 Å². The second-order valence-electron chi connectivity index (χ2n) is 3.49. The number of rotatable bonds is 4. The summed E-state index contributed by atoms with van der Waals surface area (Å²) in [7, 11) is 0. The van der Waals surface area contributed by atoms with Gasteiger partial charge in [-0.1, -0.05) is 18.5 Å². The molecule has 1 unspecified atom stereocenters. The van der Waals surface area contributed by atoms with Gasteiger partial charge >= 0.3 is 0 Å². The molecule has 1 N–H and O–H groups in total. The van der Waals surface area contributed by atoms with E-state index in [-0.39, 0.29) is 16.3 Å². The molecule has 1 amide bonds. The molecule has 18 heavy (non-hydrogen) atoms. The highest BCUT2D eigenvalue weighted by molar-refractivity contribution is 6.33. The van der Waals surface area contributed by atoms with E-state index < -0.39 is 16.9 Å². The Morgan fingerprint density at radius 3 is 2.78 bits per heavy atom. The number of amides is 1. The summed E-state index contributed by atoms with van der Waals surface area (Å²) in [4.78, 5) is 21.6. The molecule has 1 rings (SSSR count). The zero-order valence-electron chi connectivity index (χ0n) is 9.51. The summed E-state index contributed by atoms with van der Waals surface area (Å²) in [6.07, 6.45) is 0.475. The van der Waals surface area contributed by atoms with E-state index in [2.05, 4.69) is 5.32 Å². The van der Waals surface area contributed by atoms with Crippen LogP contribution >= 0.6 is 11.6 Å². The van der Waals surface area contributed by atoms with Gasteiger partial charge in [-0.25, -0.2) is 0 Å². The lowest BCUT2D eigenvalue weighted by molar-refractivity contribution is -0.384. The summed E-state index contributed by atoms with van der Waals surface area (Å²) in [6.45, 7) is 1.76. The molecule has 1 aromatic rings. The maximum Gasteiger partial charge on any atom is 0.287 e. The van der Waals surface area contributed by atoms with Crippen molar-refractivity contribution < 1.29 is 9.72 Å². The molecular weight excluding hydrogens is 258 g/mol. The number of hydrogen-bond acceptors (Lipinski definition) is 4. The van der Waals surface area contributed by atoms with Gasteiger partial charge in [0.05, 0.1) is 11.0 Å². The molecular formula is C11H10ClN3O3. The van der Waals surface area contributed by atoms with Crippen LogP contribution in [0.2, 0.25) is 5.02 Å². The molecule has 1 aromatic carbocycles. The quantitative estimate of drug-likeness (QED) is 0.668. The second kappa shape index (κ2) is 5.98. The molecule has 94 valence electrons. The smallest absolute Gasteiger partial charge is 0.287 e. The van der Waals surface area contributed by atoms with Gasteiger partial charge in [-0.15, -0.1) is 0 Å². The Balaban J connectivity index is 2.92. The summed E-state index contributed by atoms with van der Waals surface area (Å²) in [5.74, 6) is -0.486. The fraction of sp³-hybridized carbons (Fsp3) is 0.273.